The van der Waals surface area contributed by atoms with E-state index in [1.807, 2.05) is 18.2 Å². The van der Waals surface area contributed by atoms with Crippen molar-refractivity contribution in [1.29, 1.82) is 0 Å². The van der Waals surface area contributed by atoms with Crippen LogP contribution in [0.4, 0.5) is 0 Å². The minimum atomic E-state index is 0.0470. The van der Waals surface area contributed by atoms with Gasteiger partial charge in [0.25, 0.3) is 5.91 Å². The zero-order valence-corrected chi connectivity index (χ0v) is 11.0. The van der Waals surface area contributed by atoms with Gasteiger partial charge in [-0.3, -0.25) is 4.79 Å². The fourth-order valence-electron chi connectivity index (χ4n) is 2.46. The second kappa shape index (κ2) is 6.01. The normalized spacial score (nSPS) is 23.7. The first-order valence-corrected chi connectivity index (χ1v) is 6.84. The molecule has 0 radical (unpaired) electrons. The van der Waals surface area contributed by atoms with E-state index >= 15 is 0 Å². The van der Waals surface area contributed by atoms with Crippen molar-refractivity contribution >= 4 is 5.91 Å². The Morgan fingerprint density at radius 2 is 2.06 bits per heavy atom. The third-order valence-corrected chi connectivity index (χ3v) is 3.70. The highest BCUT2D eigenvalue weighted by atomic mass is 16.1. The van der Waals surface area contributed by atoms with Gasteiger partial charge < -0.3 is 11.1 Å². The van der Waals surface area contributed by atoms with Gasteiger partial charge in [0.15, 0.2) is 0 Å². The molecule has 1 aliphatic carbocycles. The lowest BCUT2D eigenvalue weighted by molar-refractivity contribution is 0.0926. The molecule has 1 amide bonds. The van der Waals surface area contributed by atoms with Crippen molar-refractivity contribution in [3.05, 3.63) is 35.4 Å². The molecular formula is C15H22N2O. The molecule has 1 aliphatic rings. The molecule has 0 unspecified atom stereocenters. The number of carbonyl (C=O) groups is 1. The van der Waals surface area contributed by atoms with Crippen LogP contribution in [0.1, 0.15) is 48.5 Å². The number of hydrogen-bond donors (Lipinski definition) is 2. The van der Waals surface area contributed by atoms with Crippen LogP contribution in [0.2, 0.25) is 0 Å². The number of aryl methyl sites for hydroxylation is 1. The van der Waals surface area contributed by atoms with E-state index < -0.39 is 0 Å². The van der Waals surface area contributed by atoms with E-state index in [1.165, 1.54) is 5.56 Å². The van der Waals surface area contributed by atoms with E-state index in [4.69, 9.17) is 5.73 Å². The Kier molecular flexibility index (Phi) is 4.37. The Morgan fingerprint density at radius 1 is 1.33 bits per heavy atom. The van der Waals surface area contributed by atoms with Crippen LogP contribution in [-0.2, 0) is 6.42 Å². The van der Waals surface area contributed by atoms with Crippen molar-refractivity contribution in [1.82, 2.24) is 5.32 Å². The summed E-state index contributed by atoms with van der Waals surface area (Å²) >= 11 is 0. The molecule has 98 valence electrons. The number of rotatable bonds is 3. The summed E-state index contributed by atoms with van der Waals surface area (Å²) in [5, 5.41) is 3.11. The van der Waals surface area contributed by atoms with Gasteiger partial charge in [-0.15, -0.1) is 0 Å². The topological polar surface area (TPSA) is 55.1 Å². The predicted octanol–water partition coefficient (Wildman–Crippen LogP) is 2.25. The minimum Gasteiger partial charge on any atom is -0.349 e. The van der Waals surface area contributed by atoms with E-state index in [9.17, 15) is 4.79 Å². The number of hydrogen-bond acceptors (Lipinski definition) is 2. The monoisotopic (exact) mass is 246 g/mol. The maximum atomic E-state index is 12.1. The summed E-state index contributed by atoms with van der Waals surface area (Å²) in [6.45, 7) is 2.10. The maximum Gasteiger partial charge on any atom is 0.251 e. The van der Waals surface area contributed by atoms with Crippen LogP contribution in [0, 0.1) is 0 Å². The molecule has 2 rings (SSSR count). The number of nitrogens with one attached hydrogen (secondary N) is 1. The van der Waals surface area contributed by atoms with Crippen molar-refractivity contribution in [2.24, 2.45) is 5.73 Å². The molecule has 1 saturated carbocycles. The Balaban J connectivity index is 1.94. The zero-order chi connectivity index (χ0) is 13.0. The summed E-state index contributed by atoms with van der Waals surface area (Å²) in [6.07, 6.45) is 4.99. The molecule has 0 spiro atoms. The summed E-state index contributed by atoms with van der Waals surface area (Å²) in [6, 6.07) is 8.47. The van der Waals surface area contributed by atoms with E-state index in [1.54, 1.807) is 0 Å². The standard InChI is InChI=1S/C15H22N2O/c1-2-11-4-3-5-12(10-11)15(18)17-14-8-6-13(16)7-9-14/h3-5,10,13-14H,2,6-9,16H2,1H3,(H,17,18)/t13-,14-. The summed E-state index contributed by atoms with van der Waals surface area (Å²) in [4.78, 5) is 12.1. The Hall–Kier alpha value is -1.35. The van der Waals surface area contributed by atoms with Gasteiger partial charge in [-0.1, -0.05) is 19.1 Å². The Morgan fingerprint density at radius 3 is 2.72 bits per heavy atom. The lowest BCUT2D eigenvalue weighted by Crippen LogP contribution is -2.40. The lowest BCUT2D eigenvalue weighted by atomic mass is 9.91. The van der Waals surface area contributed by atoms with Crippen LogP contribution >= 0.6 is 0 Å². The van der Waals surface area contributed by atoms with Crippen LogP contribution in [0.25, 0.3) is 0 Å². The molecule has 1 aromatic carbocycles. The quantitative estimate of drug-likeness (QED) is 0.859. The molecule has 3 heteroatoms. The van der Waals surface area contributed by atoms with Crippen molar-refractivity contribution in [2.45, 2.75) is 51.1 Å². The van der Waals surface area contributed by atoms with Crippen LogP contribution in [0.5, 0.6) is 0 Å². The van der Waals surface area contributed by atoms with Gasteiger partial charge in [0.05, 0.1) is 0 Å². The first-order valence-electron chi connectivity index (χ1n) is 6.84. The predicted molar refractivity (Wildman–Crippen MR) is 73.5 cm³/mol. The first-order chi connectivity index (χ1) is 8.69. The fraction of sp³-hybridized carbons (Fsp3) is 0.533. The number of carbonyl (C=O) groups excluding carboxylic acids is 1. The molecule has 0 bridgehead atoms. The molecule has 0 aromatic heterocycles. The van der Waals surface area contributed by atoms with Crippen LogP contribution in [0.15, 0.2) is 24.3 Å². The summed E-state index contributed by atoms with van der Waals surface area (Å²) in [7, 11) is 0. The maximum absolute atomic E-state index is 12.1. The third-order valence-electron chi connectivity index (χ3n) is 3.70. The molecule has 18 heavy (non-hydrogen) atoms. The SMILES string of the molecule is CCc1cccc(C(=O)N[C@H]2CC[C@H](N)CC2)c1. The molecule has 0 atom stereocenters. The van der Waals surface area contributed by atoms with Gasteiger partial charge in [-0.2, -0.15) is 0 Å². The summed E-state index contributed by atoms with van der Waals surface area (Å²) < 4.78 is 0. The van der Waals surface area contributed by atoms with E-state index in [0.717, 1.165) is 37.7 Å². The van der Waals surface area contributed by atoms with Crippen LogP contribution in [-0.4, -0.2) is 18.0 Å². The van der Waals surface area contributed by atoms with Gasteiger partial charge in [0, 0.05) is 17.6 Å². The largest absolute Gasteiger partial charge is 0.349 e. The second-order valence-corrected chi connectivity index (χ2v) is 5.14. The number of nitrogens with two attached hydrogens (primary N) is 1. The van der Waals surface area contributed by atoms with E-state index in [0.29, 0.717) is 12.1 Å². The van der Waals surface area contributed by atoms with Crippen molar-refractivity contribution in [2.75, 3.05) is 0 Å². The highest BCUT2D eigenvalue weighted by Gasteiger charge is 2.20. The van der Waals surface area contributed by atoms with E-state index in [2.05, 4.69) is 18.3 Å². The highest BCUT2D eigenvalue weighted by molar-refractivity contribution is 5.94. The molecule has 0 aliphatic heterocycles. The molecule has 3 N–H and O–H groups in total. The molecule has 0 saturated heterocycles. The van der Waals surface area contributed by atoms with Gasteiger partial charge in [-0.25, -0.2) is 0 Å². The smallest absolute Gasteiger partial charge is 0.251 e. The fourth-order valence-corrected chi connectivity index (χ4v) is 2.46. The molecule has 1 fully saturated rings. The van der Waals surface area contributed by atoms with Crippen molar-refractivity contribution in [3.63, 3.8) is 0 Å². The average Bonchev–Trinajstić information content (AvgIpc) is 2.41. The third kappa shape index (κ3) is 3.33. The number of amides is 1. The zero-order valence-electron chi connectivity index (χ0n) is 11.0. The van der Waals surface area contributed by atoms with Gasteiger partial charge in [0.1, 0.15) is 0 Å². The Labute approximate surface area is 109 Å². The lowest BCUT2D eigenvalue weighted by Gasteiger charge is -2.26. The van der Waals surface area contributed by atoms with Crippen molar-refractivity contribution < 1.29 is 4.79 Å². The Bertz CT molecular complexity index is 409. The van der Waals surface area contributed by atoms with Gasteiger partial charge >= 0.3 is 0 Å². The van der Waals surface area contributed by atoms with Crippen LogP contribution in [0.3, 0.4) is 0 Å². The molecular weight excluding hydrogens is 224 g/mol. The molecule has 0 heterocycles. The van der Waals surface area contributed by atoms with Gasteiger partial charge in [0.2, 0.25) is 0 Å². The second-order valence-electron chi connectivity index (χ2n) is 5.14. The minimum absolute atomic E-state index is 0.0470. The van der Waals surface area contributed by atoms with Crippen molar-refractivity contribution in [3.8, 4) is 0 Å². The first kappa shape index (κ1) is 13.1. The van der Waals surface area contributed by atoms with Crippen LogP contribution < -0.4 is 11.1 Å². The van der Waals surface area contributed by atoms with Gasteiger partial charge in [-0.05, 0) is 49.8 Å². The molecule has 3 nitrogen and oxygen atoms in total. The number of benzene rings is 1. The van der Waals surface area contributed by atoms with E-state index in [-0.39, 0.29) is 5.91 Å². The highest BCUT2D eigenvalue weighted by Crippen LogP contribution is 2.17. The summed E-state index contributed by atoms with van der Waals surface area (Å²) in [5.74, 6) is 0.0470. The molecule has 1 aromatic rings. The average molecular weight is 246 g/mol. The summed E-state index contributed by atoms with van der Waals surface area (Å²) in [5.41, 5.74) is 7.83.